The fraction of sp³-hybridized carbons (Fsp3) is 0. The van der Waals surface area contributed by atoms with Crippen LogP contribution in [0.5, 0.6) is 0 Å². The van der Waals surface area contributed by atoms with Gasteiger partial charge in [0.15, 0.2) is 0 Å². The van der Waals surface area contributed by atoms with Crippen LogP contribution in [0.4, 0.5) is 0 Å². The van der Waals surface area contributed by atoms with Crippen molar-refractivity contribution in [1.29, 1.82) is 0 Å². The van der Waals surface area contributed by atoms with Gasteiger partial charge in [0.1, 0.15) is 0 Å². The van der Waals surface area contributed by atoms with E-state index in [-0.39, 0.29) is 0 Å². The number of fused-ring (bicyclic) bond motifs is 12. The summed E-state index contributed by atoms with van der Waals surface area (Å²) in [5, 5.41) is 9.68. The lowest BCUT2D eigenvalue weighted by molar-refractivity contribution is 1.02. The SMILES string of the molecule is c1ccc(-c2cc3nc(-n4c5ccc(-c6cccc7c6c6ccccc6n7-c6ccccc6)cc5c5ccc6ccccc6c54)nc(-c4ccc5sc6ccccc6c5c4)c3s2)cc1. The molecule has 4 nitrogen and oxygen atoms in total. The highest BCUT2D eigenvalue weighted by molar-refractivity contribution is 7.25. The Kier molecular flexibility index (Phi) is 7.69. The maximum Gasteiger partial charge on any atom is 0.235 e. The molecule has 0 unspecified atom stereocenters. The van der Waals surface area contributed by atoms with Gasteiger partial charge in [0.05, 0.1) is 38.0 Å². The molecule has 0 radical (unpaired) electrons. The van der Waals surface area contributed by atoms with Gasteiger partial charge in [-0.3, -0.25) is 4.57 Å². The lowest BCUT2D eigenvalue weighted by atomic mass is 9.97. The number of thiophene rings is 2. The lowest BCUT2D eigenvalue weighted by Crippen LogP contribution is -2.03. The molecule has 0 amide bonds. The molecule has 6 heteroatoms. The van der Waals surface area contributed by atoms with Gasteiger partial charge < -0.3 is 4.57 Å². The summed E-state index contributed by atoms with van der Waals surface area (Å²) >= 11 is 3.61. The molecule has 64 heavy (non-hydrogen) atoms. The van der Waals surface area contributed by atoms with E-state index >= 15 is 0 Å². The number of rotatable bonds is 5. The Morgan fingerprint density at radius 2 is 1.09 bits per heavy atom. The van der Waals surface area contributed by atoms with Crippen molar-refractivity contribution < 1.29 is 0 Å². The highest BCUT2D eigenvalue weighted by Gasteiger charge is 2.23. The molecule has 5 aromatic heterocycles. The van der Waals surface area contributed by atoms with Gasteiger partial charge in [0.2, 0.25) is 5.95 Å². The van der Waals surface area contributed by atoms with Gasteiger partial charge in [-0.2, -0.15) is 0 Å². The second kappa shape index (κ2) is 13.8. The van der Waals surface area contributed by atoms with Crippen molar-refractivity contribution in [3.05, 3.63) is 206 Å². The fourth-order valence-corrected chi connectivity index (χ4v) is 12.3. The van der Waals surface area contributed by atoms with Gasteiger partial charge in [-0.1, -0.05) is 146 Å². The van der Waals surface area contributed by atoms with E-state index < -0.39 is 0 Å². The Balaban J connectivity index is 1.05. The third-order valence-corrected chi connectivity index (χ3v) is 15.3. The minimum atomic E-state index is 0.660. The number of benzene rings is 9. The van der Waals surface area contributed by atoms with Crippen LogP contribution in [0, 0.1) is 0 Å². The summed E-state index contributed by atoms with van der Waals surface area (Å²) in [6, 6.07) is 74.8. The Hall–Kier alpha value is -7.90. The minimum Gasteiger partial charge on any atom is -0.309 e. The summed E-state index contributed by atoms with van der Waals surface area (Å²) in [6.07, 6.45) is 0. The molecule has 9 aromatic carbocycles. The summed E-state index contributed by atoms with van der Waals surface area (Å²) < 4.78 is 8.36. The van der Waals surface area contributed by atoms with Crippen molar-refractivity contribution in [2.45, 2.75) is 0 Å². The first-order valence-electron chi connectivity index (χ1n) is 21.6. The fourth-order valence-electron chi connectivity index (χ4n) is 10.1. The van der Waals surface area contributed by atoms with Gasteiger partial charge in [0, 0.05) is 63.2 Å². The van der Waals surface area contributed by atoms with Crippen LogP contribution in [0.3, 0.4) is 0 Å². The molecule has 0 aliphatic rings. The van der Waals surface area contributed by atoms with Crippen molar-refractivity contribution in [3.8, 4) is 44.5 Å². The van der Waals surface area contributed by atoms with Gasteiger partial charge >= 0.3 is 0 Å². The van der Waals surface area contributed by atoms with Crippen molar-refractivity contribution in [2.75, 3.05) is 0 Å². The molecule has 0 fully saturated rings. The first kappa shape index (κ1) is 35.7. The molecular formula is C58H34N4S2. The largest absolute Gasteiger partial charge is 0.309 e. The first-order chi connectivity index (χ1) is 31.7. The smallest absolute Gasteiger partial charge is 0.235 e. The quantitative estimate of drug-likeness (QED) is 0.173. The van der Waals surface area contributed by atoms with E-state index in [9.17, 15) is 0 Å². The normalized spacial score (nSPS) is 12.1. The van der Waals surface area contributed by atoms with E-state index in [2.05, 4.69) is 215 Å². The second-order valence-corrected chi connectivity index (χ2v) is 18.6. The maximum atomic E-state index is 5.65. The van der Waals surface area contributed by atoms with Crippen LogP contribution in [-0.2, 0) is 0 Å². The molecule has 0 N–H and O–H groups in total. The third-order valence-electron chi connectivity index (χ3n) is 12.9. The van der Waals surface area contributed by atoms with Crippen LogP contribution in [0.2, 0.25) is 0 Å². The van der Waals surface area contributed by atoms with Gasteiger partial charge in [0.25, 0.3) is 0 Å². The van der Waals surface area contributed by atoms with Crippen LogP contribution >= 0.6 is 22.7 Å². The van der Waals surface area contributed by atoms with E-state index in [0.29, 0.717) is 5.95 Å². The maximum absolute atomic E-state index is 5.65. The summed E-state index contributed by atoms with van der Waals surface area (Å²) in [5.74, 6) is 0.660. The number of hydrogen-bond acceptors (Lipinski definition) is 4. The molecule has 0 bridgehead atoms. The Morgan fingerprint density at radius 1 is 0.391 bits per heavy atom. The highest BCUT2D eigenvalue weighted by Crippen LogP contribution is 2.45. The Labute approximate surface area is 375 Å². The van der Waals surface area contributed by atoms with Gasteiger partial charge in [-0.05, 0) is 82.7 Å². The van der Waals surface area contributed by atoms with Crippen molar-refractivity contribution in [3.63, 3.8) is 0 Å². The molecule has 0 saturated carbocycles. The predicted octanol–water partition coefficient (Wildman–Crippen LogP) is 16.4. The number of aromatic nitrogens is 4. The van der Waals surface area contributed by atoms with Crippen LogP contribution in [0.15, 0.2) is 206 Å². The second-order valence-electron chi connectivity index (χ2n) is 16.5. The topological polar surface area (TPSA) is 35.6 Å². The van der Waals surface area contributed by atoms with E-state index in [1.54, 1.807) is 11.3 Å². The molecule has 0 aliphatic heterocycles. The molecule has 14 rings (SSSR count). The summed E-state index contributed by atoms with van der Waals surface area (Å²) in [6.45, 7) is 0. The average molecular weight is 851 g/mol. The van der Waals surface area contributed by atoms with Crippen molar-refractivity contribution in [1.82, 2.24) is 19.1 Å². The molecule has 0 atom stereocenters. The van der Waals surface area contributed by atoms with Crippen molar-refractivity contribution in [2.24, 2.45) is 0 Å². The standard InChI is InChI=1S/C58H34N4S2/c1-3-15-36(16-4-1)53-34-47-57(64-53)55(38-28-31-52-46(33-38)42-20-10-12-25-51(42)63-52)60-58(59-47)62-49-30-27-37(32-45(49)43-29-26-35-14-7-8-19-41(35)56(43)62)40-22-13-24-50-54(40)44-21-9-11-23-48(44)61(50)39-17-5-2-6-18-39/h1-34H. The highest BCUT2D eigenvalue weighted by atomic mass is 32.1. The first-order valence-corrected chi connectivity index (χ1v) is 23.2. The number of nitrogens with zero attached hydrogens (tertiary/aromatic N) is 4. The average Bonchev–Trinajstić information content (AvgIpc) is 4.13. The van der Waals surface area contributed by atoms with Crippen molar-refractivity contribution >= 4 is 107 Å². The van der Waals surface area contributed by atoms with E-state index in [0.717, 1.165) is 49.0 Å². The van der Waals surface area contributed by atoms with Crippen LogP contribution in [0.1, 0.15) is 0 Å². The zero-order valence-electron chi connectivity index (χ0n) is 34.2. The predicted molar refractivity (Wildman–Crippen MR) is 273 cm³/mol. The summed E-state index contributed by atoms with van der Waals surface area (Å²) in [4.78, 5) is 12.3. The zero-order valence-corrected chi connectivity index (χ0v) is 35.9. The third kappa shape index (κ3) is 5.27. The zero-order chi connectivity index (χ0) is 41.9. The summed E-state index contributed by atoms with van der Waals surface area (Å²) in [7, 11) is 0. The Bertz CT molecular complexity index is 4190. The summed E-state index contributed by atoms with van der Waals surface area (Å²) in [5.41, 5.74) is 12.2. The van der Waals surface area contributed by atoms with Crippen LogP contribution in [-0.4, -0.2) is 19.1 Å². The van der Waals surface area contributed by atoms with Crippen LogP contribution in [0.25, 0.3) is 129 Å². The molecular weight excluding hydrogens is 817 g/mol. The van der Waals surface area contributed by atoms with Gasteiger partial charge in [-0.25, -0.2) is 9.97 Å². The van der Waals surface area contributed by atoms with E-state index in [4.69, 9.17) is 9.97 Å². The minimum absolute atomic E-state index is 0.660. The number of hydrogen-bond donors (Lipinski definition) is 0. The molecule has 0 spiro atoms. The number of para-hydroxylation sites is 2. The van der Waals surface area contributed by atoms with E-state index in [1.807, 2.05) is 11.3 Å². The van der Waals surface area contributed by atoms with Crippen LogP contribution < -0.4 is 0 Å². The molecule has 298 valence electrons. The molecule has 0 saturated heterocycles. The molecule has 14 aromatic rings. The monoisotopic (exact) mass is 850 g/mol. The van der Waals surface area contributed by atoms with E-state index in [1.165, 1.54) is 74.3 Å². The molecule has 0 aliphatic carbocycles. The molecule has 5 heterocycles. The van der Waals surface area contributed by atoms with Gasteiger partial charge in [-0.15, -0.1) is 22.7 Å². The Morgan fingerprint density at radius 3 is 1.98 bits per heavy atom. The lowest BCUT2D eigenvalue weighted by Gasteiger charge is -2.12.